The molecule has 21 heavy (non-hydrogen) atoms. The Morgan fingerprint density at radius 2 is 1.71 bits per heavy atom. The molecule has 0 aliphatic rings. The molecular formula is C16H13ClN2OS. The maximum absolute atomic E-state index is 8.13. The Bertz CT molecular complexity index is 804. The third-order valence-electron chi connectivity index (χ3n) is 3.15. The van der Waals surface area contributed by atoms with Crippen molar-refractivity contribution in [3.05, 3.63) is 64.6 Å². The van der Waals surface area contributed by atoms with Gasteiger partial charge in [0.1, 0.15) is 5.75 Å². The lowest BCUT2D eigenvalue weighted by Gasteiger charge is -2.02. The number of rotatable bonds is 3. The van der Waals surface area contributed by atoms with E-state index in [-0.39, 0.29) is 0 Å². The Morgan fingerprint density at radius 3 is 2.33 bits per heavy atom. The van der Waals surface area contributed by atoms with Crippen LogP contribution < -0.4 is 9.54 Å². The molecule has 0 amide bonds. The SMILES string of the molecule is COc1ccc(-c2cn(-c3ccc(Cl)cc3)c(=N)s2)cc1. The largest absolute Gasteiger partial charge is 0.497 e. The van der Waals surface area contributed by atoms with Crippen molar-refractivity contribution in [3.63, 3.8) is 0 Å². The van der Waals surface area contributed by atoms with Gasteiger partial charge in [0.05, 0.1) is 12.0 Å². The summed E-state index contributed by atoms with van der Waals surface area (Å²) < 4.78 is 7.01. The van der Waals surface area contributed by atoms with Crippen molar-refractivity contribution in [2.24, 2.45) is 0 Å². The number of ether oxygens (including phenoxy) is 1. The first-order chi connectivity index (χ1) is 10.2. The molecule has 0 fully saturated rings. The molecule has 5 heteroatoms. The summed E-state index contributed by atoms with van der Waals surface area (Å²) in [6.07, 6.45) is 1.97. The van der Waals surface area contributed by atoms with Crippen LogP contribution in [0.4, 0.5) is 0 Å². The average molecular weight is 317 g/mol. The molecule has 3 nitrogen and oxygen atoms in total. The first kappa shape index (κ1) is 13.9. The van der Waals surface area contributed by atoms with Gasteiger partial charge in [0.25, 0.3) is 0 Å². The van der Waals surface area contributed by atoms with E-state index in [1.54, 1.807) is 7.11 Å². The minimum atomic E-state index is 0.475. The highest BCUT2D eigenvalue weighted by Gasteiger charge is 2.06. The van der Waals surface area contributed by atoms with E-state index in [4.69, 9.17) is 21.7 Å². The second-order valence-electron chi connectivity index (χ2n) is 4.48. The summed E-state index contributed by atoms with van der Waals surface area (Å²) in [6.45, 7) is 0. The topological polar surface area (TPSA) is 38.0 Å². The Hall–Kier alpha value is -2.04. The number of thiazole rings is 1. The van der Waals surface area contributed by atoms with Gasteiger partial charge in [-0.05, 0) is 54.1 Å². The summed E-state index contributed by atoms with van der Waals surface area (Å²) in [5.74, 6) is 0.826. The molecule has 1 aromatic heterocycles. The summed E-state index contributed by atoms with van der Waals surface area (Å²) in [5, 5.41) is 8.83. The van der Waals surface area contributed by atoms with Crippen molar-refractivity contribution < 1.29 is 4.74 Å². The first-order valence-electron chi connectivity index (χ1n) is 6.35. The van der Waals surface area contributed by atoms with Crippen LogP contribution in [0.3, 0.4) is 0 Å². The number of hydrogen-bond donors (Lipinski definition) is 1. The predicted molar refractivity (Wildman–Crippen MR) is 86.5 cm³/mol. The normalized spacial score (nSPS) is 10.6. The van der Waals surface area contributed by atoms with E-state index in [2.05, 4.69) is 0 Å². The average Bonchev–Trinajstić information content (AvgIpc) is 2.90. The van der Waals surface area contributed by atoms with E-state index in [1.165, 1.54) is 11.3 Å². The third kappa shape index (κ3) is 2.86. The van der Waals surface area contributed by atoms with Crippen LogP contribution in [0.25, 0.3) is 16.1 Å². The van der Waals surface area contributed by atoms with Gasteiger partial charge in [-0.3, -0.25) is 9.98 Å². The minimum absolute atomic E-state index is 0.475. The van der Waals surface area contributed by atoms with Crippen LogP contribution in [-0.2, 0) is 0 Å². The zero-order valence-corrected chi connectivity index (χ0v) is 12.9. The molecule has 0 unspecified atom stereocenters. The fraction of sp³-hybridized carbons (Fsp3) is 0.0625. The van der Waals surface area contributed by atoms with Gasteiger partial charge in [-0.2, -0.15) is 0 Å². The quantitative estimate of drug-likeness (QED) is 0.766. The second kappa shape index (κ2) is 5.76. The molecule has 0 bridgehead atoms. The highest BCUT2D eigenvalue weighted by molar-refractivity contribution is 7.12. The van der Waals surface area contributed by atoms with Gasteiger partial charge in [-0.1, -0.05) is 22.9 Å². The number of methoxy groups -OCH3 is 1. The van der Waals surface area contributed by atoms with E-state index >= 15 is 0 Å². The second-order valence-corrected chi connectivity index (χ2v) is 5.94. The highest BCUT2D eigenvalue weighted by atomic mass is 35.5. The lowest BCUT2D eigenvalue weighted by Crippen LogP contribution is -2.08. The molecule has 0 saturated heterocycles. The summed E-state index contributed by atoms with van der Waals surface area (Å²) in [4.78, 5) is 1.51. The number of nitrogens with zero attached hydrogens (tertiary/aromatic N) is 1. The Morgan fingerprint density at radius 1 is 1.05 bits per heavy atom. The Kier molecular flexibility index (Phi) is 3.82. The number of hydrogen-bond acceptors (Lipinski definition) is 3. The van der Waals surface area contributed by atoms with Crippen molar-refractivity contribution in [1.82, 2.24) is 4.57 Å². The molecule has 106 valence electrons. The molecule has 0 aliphatic carbocycles. The maximum Gasteiger partial charge on any atom is 0.187 e. The number of aromatic nitrogens is 1. The van der Waals surface area contributed by atoms with Crippen LogP contribution in [-0.4, -0.2) is 11.7 Å². The Labute approximate surface area is 131 Å². The van der Waals surface area contributed by atoms with E-state index in [1.807, 2.05) is 59.3 Å². The fourth-order valence-corrected chi connectivity index (χ4v) is 3.04. The molecule has 3 aromatic rings. The third-order valence-corrected chi connectivity index (χ3v) is 4.35. The summed E-state index contributed by atoms with van der Waals surface area (Å²) in [6, 6.07) is 15.3. The zero-order valence-electron chi connectivity index (χ0n) is 11.3. The molecule has 0 radical (unpaired) electrons. The van der Waals surface area contributed by atoms with Crippen LogP contribution in [0.1, 0.15) is 0 Å². The minimum Gasteiger partial charge on any atom is -0.497 e. The van der Waals surface area contributed by atoms with Crippen molar-refractivity contribution in [2.75, 3.05) is 7.11 Å². The molecule has 1 N–H and O–H groups in total. The van der Waals surface area contributed by atoms with Crippen molar-refractivity contribution in [3.8, 4) is 21.9 Å². The van der Waals surface area contributed by atoms with Gasteiger partial charge in [-0.15, -0.1) is 0 Å². The van der Waals surface area contributed by atoms with Gasteiger partial charge >= 0.3 is 0 Å². The summed E-state index contributed by atoms with van der Waals surface area (Å²) in [7, 11) is 1.65. The predicted octanol–water partition coefficient (Wildman–Crippen LogP) is 4.35. The van der Waals surface area contributed by atoms with E-state index in [9.17, 15) is 0 Å². The molecule has 2 aromatic carbocycles. The summed E-state index contributed by atoms with van der Waals surface area (Å²) in [5.41, 5.74) is 2.00. The monoisotopic (exact) mass is 316 g/mol. The number of halogens is 1. The van der Waals surface area contributed by atoms with Crippen LogP contribution in [0.2, 0.25) is 5.02 Å². The molecule has 0 atom stereocenters. The smallest absolute Gasteiger partial charge is 0.187 e. The van der Waals surface area contributed by atoms with Crippen LogP contribution in [0, 0.1) is 5.41 Å². The molecular weight excluding hydrogens is 304 g/mol. The van der Waals surface area contributed by atoms with E-state index < -0.39 is 0 Å². The Balaban J connectivity index is 2.00. The van der Waals surface area contributed by atoms with Crippen molar-refractivity contribution in [1.29, 1.82) is 5.41 Å². The lowest BCUT2D eigenvalue weighted by atomic mass is 10.2. The van der Waals surface area contributed by atoms with E-state index in [0.29, 0.717) is 9.82 Å². The molecule has 0 saturated carbocycles. The van der Waals surface area contributed by atoms with E-state index in [0.717, 1.165) is 21.9 Å². The highest BCUT2D eigenvalue weighted by Crippen LogP contribution is 2.25. The fourth-order valence-electron chi connectivity index (χ4n) is 2.04. The van der Waals surface area contributed by atoms with Gasteiger partial charge in [0.15, 0.2) is 4.80 Å². The molecule has 3 rings (SSSR count). The van der Waals surface area contributed by atoms with Gasteiger partial charge in [0, 0.05) is 16.9 Å². The van der Waals surface area contributed by atoms with Crippen LogP contribution >= 0.6 is 22.9 Å². The molecule has 0 aliphatic heterocycles. The molecule has 1 heterocycles. The number of benzene rings is 2. The molecule has 0 spiro atoms. The van der Waals surface area contributed by atoms with Crippen LogP contribution in [0.5, 0.6) is 5.75 Å². The number of nitrogens with one attached hydrogen (secondary N) is 1. The maximum atomic E-state index is 8.13. The van der Waals surface area contributed by atoms with Crippen LogP contribution in [0.15, 0.2) is 54.7 Å². The van der Waals surface area contributed by atoms with Crippen molar-refractivity contribution in [2.45, 2.75) is 0 Å². The van der Waals surface area contributed by atoms with Crippen molar-refractivity contribution >= 4 is 22.9 Å². The van der Waals surface area contributed by atoms with Gasteiger partial charge in [0.2, 0.25) is 0 Å². The summed E-state index contributed by atoms with van der Waals surface area (Å²) >= 11 is 7.34. The first-order valence-corrected chi connectivity index (χ1v) is 7.54. The lowest BCUT2D eigenvalue weighted by molar-refractivity contribution is 0.415. The zero-order chi connectivity index (χ0) is 14.8. The van der Waals surface area contributed by atoms with Gasteiger partial charge in [-0.25, -0.2) is 0 Å². The standard InChI is InChI=1S/C16H13ClN2OS/c1-20-14-8-2-11(3-9-14)15-10-19(16(18)21-15)13-6-4-12(17)5-7-13/h2-10,18H,1H3. The van der Waals surface area contributed by atoms with Gasteiger partial charge < -0.3 is 4.74 Å².